The molecule has 0 amide bonds. The lowest BCUT2D eigenvalue weighted by molar-refractivity contribution is -0.289. The number of ether oxygens (including phenoxy) is 3. The first kappa shape index (κ1) is 21.7. The highest BCUT2D eigenvalue weighted by atomic mass is 35.7. The van der Waals surface area contributed by atoms with Crippen LogP contribution in [0.2, 0.25) is 0 Å². The van der Waals surface area contributed by atoms with Gasteiger partial charge in [-0.3, -0.25) is 0 Å². The molecule has 158 valence electrons. The second-order valence-electron chi connectivity index (χ2n) is 8.34. The van der Waals surface area contributed by atoms with Crippen molar-refractivity contribution in [3.8, 4) is 5.75 Å². The monoisotopic (exact) mass is 442 g/mol. The second kappa shape index (κ2) is 6.48. The minimum absolute atomic E-state index is 0.161. The smallest absolute Gasteiger partial charge is 0.419 e. The van der Waals surface area contributed by atoms with E-state index in [1.54, 1.807) is 13.8 Å². The number of benzene rings is 1. The summed E-state index contributed by atoms with van der Waals surface area (Å²) in [6.07, 6.45) is -4.71. The van der Waals surface area contributed by atoms with Crippen LogP contribution in [0.5, 0.6) is 5.75 Å². The van der Waals surface area contributed by atoms with E-state index in [2.05, 4.69) is 0 Å². The molecule has 1 saturated heterocycles. The van der Waals surface area contributed by atoms with E-state index in [0.29, 0.717) is 29.9 Å². The van der Waals surface area contributed by atoms with Crippen LogP contribution in [-0.4, -0.2) is 39.2 Å². The molecule has 0 N–H and O–H groups in total. The third-order valence-corrected chi connectivity index (χ3v) is 6.44. The second-order valence-corrected chi connectivity index (χ2v) is 10.9. The van der Waals surface area contributed by atoms with Gasteiger partial charge in [0.2, 0.25) is 0 Å². The van der Waals surface area contributed by atoms with Crippen LogP contribution in [0.1, 0.15) is 45.2 Å². The van der Waals surface area contributed by atoms with Crippen LogP contribution in [0.4, 0.5) is 13.2 Å². The topological polar surface area (TPSA) is 61.8 Å². The number of alkyl halides is 3. The quantitative estimate of drug-likeness (QED) is 0.650. The van der Waals surface area contributed by atoms with Gasteiger partial charge in [-0.15, -0.1) is 0 Å². The maximum absolute atomic E-state index is 14.0. The minimum Gasteiger partial charge on any atom is -0.493 e. The van der Waals surface area contributed by atoms with Crippen LogP contribution in [-0.2, 0) is 30.4 Å². The molecular weight excluding hydrogens is 421 g/mol. The zero-order valence-corrected chi connectivity index (χ0v) is 17.5. The van der Waals surface area contributed by atoms with Crippen LogP contribution < -0.4 is 4.74 Å². The van der Waals surface area contributed by atoms with Gasteiger partial charge in [-0.05, 0) is 43.4 Å². The third-order valence-electron chi connectivity index (χ3n) is 5.11. The summed E-state index contributed by atoms with van der Waals surface area (Å²) in [6.45, 7) is 5.71. The molecule has 0 radical (unpaired) electrons. The lowest BCUT2D eigenvalue weighted by atomic mass is 9.74. The molecule has 2 heterocycles. The average molecular weight is 443 g/mol. The summed E-state index contributed by atoms with van der Waals surface area (Å²) in [6, 6.07) is 2.69. The largest absolute Gasteiger partial charge is 0.493 e. The Hall–Kier alpha value is -1.03. The molecule has 0 spiro atoms. The zero-order chi connectivity index (χ0) is 21.2. The fourth-order valence-electron chi connectivity index (χ4n) is 3.88. The molecule has 5 nitrogen and oxygen atoms in total. The van der Waals surface area contributed by atoms with E-state index < -0.39 is 45.1 Å². The van der Waals surface area contributed by atoms with Crippen molar-refractivity contribution in [2.45, 2.75) is 68.4 Å². The van der Waals surface area contributed by atoms with Crippen LogP contribution in [0.25, 0.3) is 0 Å². The van der Waals surface area contributed by atoms with Gasteiger partial charge in [0.05, 0.1) is 18.1 Å². The third kappa shape index (κ3) is 3.86. The van der Waals surface area contributed by atoms with E-state index in [4.69, 9.17) is 24.9 Å². The Morgan fingerprint density at radius 3 is 2.36 bits per heavy atom. The summed E-state index contributed by atoms with van der Waals surface area (Å²) in [5.74, 6) is -0.977. The molecule has 0 aliphatic carbocycles. The predicted molar refractivity (Wildman–Crippen MR) is 96.2 cm³/mol. The molecule has 2 aliphatic rings. The van der Waals surface area contributed by atoms with E-state index in [1.807, 2.05) is 0 Å². The first-order valence-corrected chi connectivity index (χ1v) is 11.0. The van der Waals surface area contributed by atoms with E-state index in [0.717, 1.165) is 0 Å². The van der Waals surface area contributed by atoms with Crippen LogP contribution in [0, 0.1) is 0 Å². The number of hydrogen-bond donors (Lipinski definition) is 0. The molecule has 1 atom stereocenters. The Morgan fingerprint density at radius 1 is 1.21 bits per heavy atom. The van der Waals surface area contributed by atoms with E-state index in [-0.39, 0.29) is 4.90 Å². The maximum atomic E-state index is 14.0. The van der Waals surface area contributed by atoms with Gasteiger partial charge >= 0.3 is 6.18 Å². The number of hydrogen-bond acceptors (Lipinski definition) is 5. The Kier molecular flexibility index (Phi) is 5.02. The van der Waals surface area contributed by atoms with Crippen molar-refractivity contribution in [1.29, 1.82) is 0 Å². The highest BCUT2D eigenvalue weighted by molar-refractivity contribution is 8.13. The molecule has 1 aromatic carbocycles. The van der Waals surface area contributed by atoms with Crippen molar-refractivity contribution in [1.82, 2.24) is 0 Å². The summed E-state index contributed by atoms with van der Waals surface area (Å²) in [4.78, 5) is -0.161. The molecule has 3 rings (SSSR count). The average Bonchev–Trinajstić information content (AvgIpc) is 3.08. The molecule has 0 aromatic heterocycles. The van der Waals surface area contributed by atoms with Gasteiger partial charge in [0.1, 0.15) is 5.75 Å². The number of fused-ring (bicyclic) bond motifs is 1. The molecule has 0 bridgehead atoms. The standard InChI is InChI=1S/C18H22ClF3O5S/c1-15(2,9-17(18(20,21)22)10-26-16(3,4)27-17)13-8-12(28(19,23)24)7-11-5-6-25-14(11)13/h7-8H,5-6,9-10H2,1-4H3. The zero-order valence-electron chi connectivity index (χ0n) is 15.9. The van der Waals surface area contributed by atoms with Gasteiger partial charge in [-0.1, -0.05) is 13.8 Å². The van der Waals surface area contributed by atoms with Gasteiger partial charge in [-0.2, -0.15) is 13.2 Å². The summed E-state index contributed by atoms with van der Waals surface area (Å²) in [5.41, 5.74) is -2.72. The van der Waals surface area contributed by atoms with Crippen molar-refractivity contribution < 1.29 is 35.8 Å². The van der Waals surface area contributed by atoms with E-state index in [1.165, 1.54) is 26.0 Å². The van der Waals surface area contributed by atoms with Crippen LogP contribution in [0.3, 0.4) is 0 Å². The lowest BCUT2D eigenvalue weighted by Gasteiger charge is -2.38. The first-order chi connectivity index (χ1) is 12.6. The van der Waals surface area contributed by atoms with Crippen molar-refractivity contribution in [2.24, 2.45) is 0 Å². The van der Waals surface area contributed by atoms with Crippen molar-refractivity contribution in [2.75, 3.05) is 13.2 Å². The van der Waals surface area contributed by atoms with Crippen LogP contribution >= 0.6 is 10.7 Å². The van der Waals surface area contributed by atoms with E-state index in [9.17, 15) is 21.6 Å². The highest BCUT2D eigenvalue weighted by Crippen LogP contribution is 2.51. The SMILES string of the molecule is CC1(C)OCC(CC(C)(C)c2cc(S(=O)(=O)Cl)cc3c2OCC3)(C(F)(F)F)O1. The van der Waals surface area contributed by atoms with E-state index >= 15 is 0 Å². The summed E-state index contributed by atoms with van der Waals surface area (Å²) < 4.78 is 81.9. The maximum Gasteiger partial charge on any atom is 0.419 e. The van der Waals surface area contributed by atoms with Crippen molar-refractivity contribution in [3.63, 3.8) is 0 Å². The van der Waals surface area contributed by atoms with Gasteiger partial charge in [0, 0.05) is 22.7 Å². The normalized spacial score (nSPS) is 24.9. The lowest BCUT2D eigenvalue weighted by Crippen LogP contribution is -2.52. The Labute approximate surface area is 166 Å². The Bertz CT molecular complexity index is 895. The number of halogens is 4. The summed E-state index contributed by atoms with van der Waals surface area (Å²) >= 11 is 0. The predicted octanol–water partition coefficient (Wildman–Crippen LogP) is 4.30. The molecule has 0 saturated carbocycles. The van der Waals surface area contributed by atoms with Gasteiger partial charge in [0.25, 0.3) is 9.05 Å². The Balaban J connectivity index is 2.09. The van der Waals surface area contributed by atoms with Crippen molar-refractivity contribution in [3.05, 3.63) is 23.3 Å². The summed E-state index contributed by atoms with van der Waals surface area (Å²) in [5, 5.41) is 0. The van der Waals surface area contributed by atoms with Gasteiger partial charge in [-0.25, -0.2) is 8.42 Å². The molecule has 1 fully saturated rings. The highest BCUT2D eigenvalue weighted by Gasteiger charge is 2.64. The molecule has 28 heavy (non-hydrogen) atoms. The molecular formula is C18H22ClF3O5S. The summed E-state index contributed by atoms with van der Waals surface area (Å²) in [7, 11) is 1.44. The molecule has 10 heteroatoms. The molecule has 1 aromatic rings. The Morgan fingerprint density at radius 2 is 1.86 bits per heavy atom. The van der Waals surface area contributed by atoms with Gasteiger partial charge in [0.15, 0.2) is 11.4 Å². The van der Waals surface area contributed by atoms with Crippen LogP contribution in [0.15, 0.2) is 17.0 Å². The fraction of sp³-hybridized carbons (Fsp3) is 0.667. The van der Waals surface area contributed by atoms with Gasteiger partial charge < -0.3 is 14.2 Å². The number of rotatable bonds is 4. The molecule has 2 aliphatic heterocycles. The first-order valence-electron chi connectivity index (χ1n) is 8.72. The fourth-order valence-corrected chi connectivity index (χ4v) is 4.69. The molecule has 1 unspecified atom stereocenters. The van der Waals surface area contributed by atoms with Crippen molar-refractivity contribution >= 4 is 19.7 Å². The minimum atomic E-state index is -4.68.